The van der Waals surface area contributed by atoms with Crippen molar-refractivity contribution in [3.05, 3.63) is 146 Å². The molecule has 6 rings (SSSR count). The first-order valence-electron chi connectivity index (χ1n) is 30.1. The molecule has 0 bridgehead atoms. The van der Waals surface area contributed by atoms with Gasteiger partial charge in [0.05, 0.1) is 43.1 Å². The first kappa shape index (κ1) is 131. The number of nitrogens with zero attached hydrogens (tertiary/aromatic N) is 6. The van der Waals surface area contributed by atoms with Crippen molar-refractivity contribution in [3.8, 4) is 34.0 Å². The first-order valence-corrected chi connectivity index (χ1v) is 137. The number of nitrogens with one attached hydrogen (secondary N) is 1. The number of aryl methyl sites for hydroxylation is 4. The Morgan fingerprint density at radius 2 is 0.719 bits per heavy atom. The summed E-state index contributed by atoms with van der Waals surface area (Å²) < 4.78 is 10.8. The maximum absolute atomic E-state index is 7.28. The summed E-state index contributed by atoms with van der Waals surface area (Å²) in [5.41, 5.74) is 15.5. The second kappa shape index (κ2) is 73.5. The van der Waals surface area contributed by atoms with Crippen LogP contribution >= 0.6 is 510 Å². The highest BCUT2D eigenvalue weighted by atomic mass is 35.5. The van der Waals surface area contributed by atoms with Crippen LogP contribution in [0.1, 0.15) is 36.1 Å². The molecule has 0 amide bonds. The molecule has 640 valence electrons. The molecule has 0 radical (unpaired) electrons. The minimum absolute atomic E-state index is 0.00774. The van der Waals surface area contributed by atoms with Crippen molar-refractivity contribution in [2.75, 3.05) is 25.3 Å². The van der Waals surface area contributed by atoms with Crippen LogP contribution in [0.2, 0.25) is 15.2 Å². The van der Waals surface area contributed by atoms with Crippen LogP contribution in [0.5, 0.6) is 11.5 Å². The van der Waals surface area contributed by atoms with Gasteiger partial charge in [-0.05, 0) is 237 Å². The molecule has 4 aromatic carbocycles. The van der Waals surface area contributed by atoms with Gasteiger partial charge in [-0.3, -0.25) is 0 Å². The summed E-state index contributed by atoms with van der Waals surface area (Å²) in [6.07, 6.45) is 4.46. The number of nitrogens with two attached hydrogens (primary N) is 1. The molecule has 0 saturated carbocycles. The van der Waals surface area contributed by atoms with Gasteiger partial charge in [0.25, 0.3) is 0 Å². The van der Waals surface area contributed by atoms with E-state index in [1.165, 1.54) is 23.8 Å². The van der Waals surface area contributed by atoms with Gasteiger partial charge in [0.15, 0.2) is 33.8 Å². The van der Waals surface area contributed by atoms with Gasteiger partial charge < -0.3 is 20.5 Å². The number of halogens is 3. The van der Waals surface area contributed by atoms with Crippen molar-refractivity contribution in [3.63, 3.8) is 0 Å². The van der Waals surface area contributed by atoms with Gasteiger partial charge in [-0.1, -0.05) is 132 Å². The van der Waals surface area contributed by atoms with E-state index < -0.39 is 0 Å². The summed E-state index contributed by atoms with van der Waals surface area (Å²) in [5.74, 6) is 1.56. The fourth-order valence-electron chi connectivity index (χ4n) is 8.11. The van der Waals surface area contributed by atoms with Crippen LogP contribution in [0.15, 0.2) is 85.5 Å². The molecular formula is C42H104Cl3N8O2P59. The van der Waals surface area contributed by atoms with Gasteiger partial charge in [0.1, 0.15) is 24.0 Å². The molecule has 39 atom stereocenters. The Kier molecular flexibility index (Phi) is 84.8. The number of nitrogen functional groups attached to an aromatic ring is 1. The van der Waals surface area contributed by atoms with Crippen LogP contribution < -0.4 is 20.5 Å². The van der Waals surface area contributed by atoms with Gasteiger partial charge in [0, 0.05) is 16.8 Å². The maximum Gasteiger partial charge on any atom is 0.192 e. The fourth-order valence-corrected chi connectivity index (χ4v) is 699. The van der Waals surface area contributed by atoms with Gasteiger partial charge in [-0.15, -0.1) is 277 Å². The zero-order chi connectivity index (χ0) is 87.6. The quantitative estimate of drug-likeness (QED) is 0.0181. The van der Waals surface area contributed by atoms with Crippen molar-refractivity contribution >= 4 is 539 Å². The van der Waals surface area contributed by atoms with E-state index in [0.29, 0.717) is 66.7 Å². The minimum atomic E-state index is 0.00774. The van der Waals surface area contributed by atoms with E-state index in [1.54, 1.807) is 32.4 Å². The number of hydrogen-bond donors (Lipinski definition) is 2. The van der Waals surface area contributed by atoms with E-state index in [9.17, 15) is 0 Å². The number of methoxy groups -OCH3 is 2. The molecule has 114 heavy (non-hydrogen) atoms. The lowest BCUT2D eigenvalue weighted by atomic mass is 10.1. The first-order chi connectivity index (χ1) is 53.3. The van der Waals surface area contributed by atoms with Gasteiger partial charge in [-0.2, -0.15) is 0 Å². The smallest absolute Gasteiger partial charge is 0.192 e. The van der Waals surface area contributed by atoms with Crippen LogP contribution in [0, 0.1) is 27.0 Å². The lowest BCUT2D eigenvalue weighted by Crippen LogP contribution is -2.02. The lowest BCUT2D eigenvalue weighted by molar-refractivity contribution is 0.413. The molecule has 72 heteroatoms. The summed E-state index contributed by atoms with van der Waals surface area (Å²) in [7, 11) is 104. The summed E-state index contributed by atoms with van der Waals surface area (Å²) >= 11 is 18.1. The molecule has 0 fully saturated rings. The number of anilines is 3. The van der Waals surface area contributed by atoms with Crippen LogP contribution in [0.25, 0.3) is 32.2 Å². The second-order valence-corrected chi connectivity index (χ2v) is 249. The van der Waals surface area contributed by atoms with E-state index in [0.717, 1.165) is 59.0 Å². The third kappa shape index (κ3) is 47.3. The molecule has 2 heterocycles. The third-order valence-electron chi connectivity index (χ3n) is 12.8. The van der Waals surface area contributed by atoms with Crippen molar-refractivity contribution < 1.29 is 9.47 Å². The second-order valence-electron chi connectivity index (χ2n) is 20.6. The normalized spacial score (nSPS) is 13.4. The number of ether oxygens (including phenoxy) is 2. The molecule has 2 aromatic heterocycles. The zero-order valence-corrected chi connectivity index (χ0v) is 125. The predicted octanol–water partition coefficient (Wildman–Crippen LogP) is 45.5. The van der Waals surface area contributed by atoms with Crippen molar-refractivity contribution in [2.24, 2.45) is 0 Å². The SMILES string of the molecule is COc1c(Cl)ncnc1-c1ccc(C)cc1.PPP(P(P)P)P(P(P(P)P)P(P)P)P(P(P)P)P(P)P.PPP(P)P(P(P)P)P(P(P(P)P)P(P)P)P(P(P)P)P(P)P.PPP(P)P(P(P)P)P(P(P)P)P(P)P.[C-]#[N+]c1cc(Cl)c(N)cc1CC.[C-]#[N+]c1cc(Cl)c(Nc2ncnc(-c3ccc(C)cc3)c2OC)cc1CC. The number of benzene rings is 4. The standard InChI is InChI=1S/C21H19ClN4O.C12H11ClN2O.C9H9ClN2.H25P23.H23P21.H17P15/c1-5-14-10-18(16(22)11-17(14)23-3)26-21-20(27-4)19(24-12-25-21)15-8-6-13(2)7-9-15;1-8-3-5-9(6-4-8)10-11(16-2)12(13)15-7-14-10;1-3-6-4-8(11)7(10)5-9(6)12-2;1-13-19(12)22(18(10)11)23(20(14(2)3)15(4)5)21(16(6)7)17(8)9;1-12-18(13(2)3)21(19(14(4)5)15(6)7)20(16(8)9)17(10)11;1-9-13(8)15(12(6)7)14(10(2)3)11(4)5/h6-12H,5H2,1-2,4H3,(H,24,25,26);3-7H,1-2H3;4-5H,3,11H2,1H3;13H,1-12H2;12H,1-11H2;9H,1-8H2. The van der Waals surface area contributed by atoms with Crippen LogP contribution in [0.3, 0.4) is 0 Å². The van der Waals surface area contributed by atoms with E-state index in [4.69, 9.17) is 63.2 Å². The molecule has 0 aliphatic rings. The van der Waals surface area contributed by atoms with Crippen LogP contribution in [0.4, 0.5) is 28.6 Å². The molecule has 3 N–H and O–H groups in total. The van der Waals surface area contributed by atoms with Gasteiger partial charge in [-0.25, -0.2) is 29.6 Å². The molecule has 0 saturated heterocycles. The monoisotopic (exact) mass is 2690 g/mol. The largest absolute Gasteiger partial charge is 0.491 e. The minimum Gasteiger partial charge on any atom is -0.491 e. The van der Waals surface area contributed by atoms with Crippen LogP contribution in [-0.2, 0) is 12.8 Å². The number of aromatic nitrogens is 4. The summed E-state index contributed by atoms with van der Waals surface area (Å²) in [4.78, 5) is 23.7. The highest BCUT2D eigenvalue weighted by Gasteiger charge is 2.46. The van der Waals surface area contributed by atoms with Crippen molar-refractivity contribution in [2.45, 2.75) is 40.5 Å². The van der Waals surface area contributed by atoms with Crippen LogP contribution in [-0.4, -0.2) is 34.2 Å². The number of rotatable bonds is 33. The van der Waals surface area contributed by atoms with Gasteiger partial charge in [0.2, 0.25) is 0 Å². The Morgan fingerprint density at radius 1 is 0.404 bits per heavy atom. The molecule has 0 aliphatic carbocycles. The Hall–Kier alpha value is 19.5. The highest BCUT2D eigenvalue weighted by Crippen LogP contribution is 3.34. The molecule has 6 aromatic rings. The number of hydrogen-bond acceptors (Lipinski definition) is 8. The molecular weight excluding hydrogens is 2580 g/mol. The average molecular weight is 2690 g/mol. The highest BCUT2D eigenvalue weighted by molar-refractivity contribution is 9.40. The third-order valence-corrected chi connectivity index (χ3v) is 381. The Bertz CT molecular complexity index is 3770. The maximum atomic E-state index is 7.28. The van der Waals surface area contributed by atoms with Crippen molar-refractivity contribution in [1.82, 2.24) is 19.9 Å². The average Bonchev–Trinajstić information content (AvgIpc) is 0.804. The fraction of sp³-hybridized carbons (Fsp3) is 0.190. The van der Waals surface area contributed by atoms with E-state index in [-0.39, 0.29) is 175 Å². The van der Waals surface area contributed by atoms with E-state index in [2.05, 4.69) is 312 Å². The summed E-state index contributed by atoms with van der Waals surface area (Å²) in [6, 6.07) is 23.0. The molecule has 10 nitrogen and oxygen atoms in total. The Morgan fingerprint density at radius 3 is 1.04 bits per heavy atom. The molecule has 39 unspecified atom stereocenters. The van der Waals surface area contributed by atoms with Crippen molar-refractivity contribution in [1.29, 1.82) is 0 Å². The van der Waals surface area contributed by atoms with E-state index in [1.807, 2.05) is 82.3 Å². The summed E-state index contributed by atoms with van der Waals surface area (Å²) in [6.45, 7) is 24.6. The molecule has 0 aliphatic heterocycles. The Labute approximate surface area is 803 Å². The molecule has 0 spiro atoms. The summed E-state index contributed by atoms with van der Waals surface area (Å²) in [5, 5.41) is 4.47. The lowest BCUT2D eigenvalue weighted by Gasteiger charge is -2.47. The van der Waals surface area contributed by atoms with Gasteiger partial charge >= 0.3 is 0 Å². The topological polar surface area (TPSA) is 117 Å². The predicted molar refractivity (Wildman–Crippen MR) is 723 cm³/mol. The van der Waals surface area contributed by atoms with E-state index >= 15 is 0 Å². The zero-order valence-electron chi connectivity index (χ0n) is 61.8. The Balaban J connectivity index is 0.000000697.